The Morgan fingerprint density at radius 2 is 2.28 bits per heavy atom. The Bertz CT molecular complexity index is 449. The van der Waals surface area contributed by atoms with Crippen LogP contribution in [0.2, 0.25) is 0 Å². The number of hydrogen-bond acceptors (Lipinski definition) is 1. The van der Waals surface area contributed by atoms with E-state index in [1.54, 1.807) is 0 Å². The molecule has 0 aliphatic heterocycles. The van der Waals surface area contributed by atoms with Gasteiger partial charge in [-0.05, 0) is 53.2 Å². The molecular weight excluding hydrogens is 314 g/mol. The molecule has 0 saturated heterocycles. The molecule has 1 N–H and O–H groups in total. The van der Waals surface area contributed by atoms with Crippen LogP contribution in [0.5, 0.6) is 0 Å². The maximum atomic E-state index is 12.3. The van der Waals surface area contributed by atoms with E-state index < -0.39 is 0 Å². The van der Waals surface area contributed by atoms with Crippen LogP contribution < -0.4 is 5.32 Å². The average Bonchev–Trinajstić information content (AvgIpc) is 2.79. The van der Waals surface area contributed by atoms with E-state index >= 15 is 0 Å². The van der Waals surface area contributed by atoms with Gasteiger partial charge in [0.2, 0.25) is 0 Å². The standard InChI is InChI=1S/C14H17BrClNO/c1-9-4-2-6-11(13(9)15)14(18)17-12-7-3-5-10(12)8-16/h2,4,6,10,12H,3,5,7-8H2,1H3,(H,17,18). The highest BCUT2D eigenvalue weighted by molar-refractivity contribution is 9.10. The lowest BCUT2D eigenvalue weighted by molar-refractivity contribution is 0.0929. The van der Waals surface area contributed by atoms with Gasteiger partial charge in [0.15, 0.2) is 0 Å². The number of halogens is 2. The van der Waals surface area contributed by atoms with Crippen molar-refractivity contribution in [1.29, 1.82) is 0 Å². The number of carbonyl (C=O) groups excluding carboxylic acids is 1. The van der Waals surface area contributed by atoms with E-state index in [-0.39, 0.29) is 11.9 Å². The highest BCUT2D eigenvalue weighted by Gasteiger charge is 2.28. The third kappa shape index (κ3) is 2.89. The Balaban J connectivity index is 2.10. The Kier molecular flexibility index (Phi) is 4.68. The van der Waals surface area contributed by atoms with Gasteiger partial charge in [0.1, 0.15) is 0 Å². The van der Waals surface area contributed by atoms with Crippen molar-refractivity contribution in [1.82, 2.24) is 5.32 Å². The van der Waals surface area contributed by atoms with Gasteiger partial charge in [-0.3, -0.25) is 4.79 Å². The molecule has 2 rings (SSSR count). The first-order valence-corrected chi connectivity index (χ1v) is 7.58. The fourth-order valence-corrected chi connectivity index (χ4v) is 3.29. The lowest BCUT2D eigenvalue weighted by atomic mass is 10.1. The number of hydrogen-bond donors (Lipinski definition) is 1. The minimum absolute atomic E-state index is 0.00686. The zero-order chi connectivity index (χ0) is 13.1. The normalized spacial score (nSPS) is 23.1. The minimum Gasteiger partial charge on any atom is -0.349 e. The molecule has 18 heavy (non-hydrogen) atoms. The highest BCUT2D eigenvalue weighted by atomic mass is 79.9. The summed E-state index contributed by atoms with van der Waals surface area (Å²) >= 11 is 9.40. The first-order valence-electron chi connectivity index (χ1n) is 6.25. The summed E-state index contributed by atoms with van der Waals surface area (Å²) in [5, 5.41) is 3.11. The van der Waals surface area contributed by atoms with Gasteiger partial charge in [0.05, 0.1) is 5.56 Å². The van der Waals surface area contributed by atoms with Crippen LogP contribution in [0.25, 0.3) is 0 Å². The topological polar surface area (TPSA) is 29.1 Å². The van der Waals surface area contributed by atoms with Gasteiger partial charge in [-0.2, -0.15) is 0 Å². The van der Waals surface area contributed by atoms with Crippen LogP contribution in [0.3, 0.4) is 0 Å². The molecule has 1 aliphatic carbocycles. The molecule has 0 bridgehead atoms. The molecule has 1 amide bonds. The predicted octanol–water partition coefficient (Wildman–Crippen LogP) is 3.89. The van der Waals surface area contributed by atoms with Crippen molar-refractivity contribution in [3.63, 3.8) is 0 Å². The molecule has 0 heterocycles. The molecule has 1 aliphatic rings. The van der Waals surface area contributed by atoms with Crippen LogP contribution >= 0.6 is 27.5 Å². The molecule has 0 radical (unpaired) electrons. The van der Waals surface area contributed by atoms with Crippen LogP contribution in [0, 0.1) is 12.8 Å². The minimum atomic E-state index is -0.00686. The smallest absolute Gasteiger partial charge is 0.252 e. The molecule has 1 aromatic carbocycles. The summed E-state index contributed by atoms with van der Waals surface area (Å²) in [5.74, 6) is 1.03. The molecule has 2 nitrogen and oxygen atoms in total. The van der Waals surface area contributed by atoms with Gasteiger partial charge in [-0.15, -0.1) is 11.6 Å². The molecule has 1 fully saturated rings. The predicted molar refractivity (Wildman–Crippen MR) is 78.2 cm³/mol. The first kappa shape index (κ1) is 13.9. The summed E-state index contributed by atoms with van der Waals surface area (Å²) in [4.78, 5) is 12.3. The van der Waals surface area contributed by atoms with Gasteiger partial charge < -0.3 is 5.32 Å². The Labute approximate surface area is 121 Å². The van der Waals surface area contributed by atoms with E-state index in [9.17, 15) is 4.79 Å². The fraction of sp³-hybridized carbons (Fsp3) is 0.500. The SMILES string of the molecule is Cc1cccc(C(=O)NC2CCCC2CCl)c1Br. The number of aryl methyl sites for hydroxylation is 1. The van der Waals surface area contributed by atoms with Gasteiger partial charge in [-0.1, -0.05) is 18.6 Å². The van der Waals surface area contributed by atoms with Gasteiger partial charge in [0, 0.05) is 16.4 Å². The summed E-state index contributed by atoms with van der Waals surface area (Å²) in [6.45, 7) is 1.98. The molecule has 2 unspecified atom stereocenters. The summed E-state index contributed by atoms with van der Waals surface area (Å²) in [5.41, 5.74) is 1.78. The average molecular weight is 331 g/mol. The number of alkyl halides is 1. The van der Waals surface area contributed by atoms with Crippen molar-refractivity contribution >= 4 is 33.4 Å². The lowest BCUT2D eigenvalue weighted by Crippen LogP contribution is -2.38. The second-order valence-electron chi connectivity index (χ2n) is 4.86. The largest absolute Gasteiger partial charge is 0.349 e. The van der Waals surface area contributed by atoms with Crippen LogP contribution in [0.4, 0.5) is 0 Å². The van der Waals surface area contributed by atoms with E-state index in [0.29, 0.717) is 17.4 Å². The highest BCUT2D eigenvalue weighted by Crippen LogP contribution is 2.28. The van der Waals surface area contributed by atoms with Crippen LogP contribution in [0.15, 0.2) is 22.7 Å². The van der Waals surface area contributed by atoms with E-state index in [0.717, 1.165) is 29.3 Å². The maximum Gasteiger partial charge on any atom is 0.252 e. The molecular formula is C14H17BrClNO. The fourth-order valence-electron chi connectivity index (χ4n) is 2.48. The van der Waals surface area contributed by atoms with Crippen molar-refractivity contribution in [3.05, 3.63) is 33.8 Å². The number of rotatable bonds is 3. The van der Waals surface area contributed by atoms with Crippen molar-refractivity contribution in [2.75, 3.05) is 5.88 Å². The molecule has 1 aromatic rings. The molecule has 0 aromatic heterocycles. The molecule has 2 atom stereocenters. The van der Waals surface area contributed by atoms with E-state index in [1.165, 1.54) is 0 Å². The van der Waals surface area contributed by atoms with Crippen LogP contribution in [0.1, 0.15) is 35.2 Å². The van der Waals surface area contributed by atoms with Crippen molar-refractivity contribution in [2.45, 2.75) is 32.2 Å². The Morgan fingerprint density at radius 3 is 3.00 bits per heavy atom. The molecule has 4 heteroatoms. The quantitative estimate of drug-likeness (QED) is 0.837. The third-order valence-electron chi connectivity index (χ3n) is 3.61. The summed E-state index contributed by atoms with van der Waals surface area (Å²) in [7, 11) is 0. The van der Waals surface area contributed by atoms with E-state index in [1.807, 2.05) is 25.1 Å². The molecule has 98 valence electrons. The van der Waals surface area contributed by atoms with Gasteiger partial charge in [-0.25, -0.2) is 0 Å². The van der Waals surface area contributed by atoms with Gasteiger partial charge in [0.25, 0.3) is 5.91 Å². The zero-order valence-electron chi connectivity index (χ0n) is 10.4. The molecule has 1 saturated carbocycles. The first-order chi connectivity index (χ1) is 8.63. The second kappa shape index (κ2) is 6.07. The van der Waals surface area contributed by atoms with Crippen molar-refractivity contribution in [3.8, 4) is 0 Å². The molecule has 0 spiro atoms. The summed E-state index contributed by atoms with van der Waals surface area (Å²) in [6, 6.07) is 5.96. The Hall–Kier alpha value is -0.540. The lowest BCUT2D eigenvalue weighted by Gasteiger charge is -2.19. The Morgan fingerprint density at radius 1 is 1.50 bits per heavy atom. The monoisotopic (exact) mass is 329 g/mol. The van der Waals surface area contributed by atoms with Crippen LogP contribution in [-0.4, -0.2) is 17.8 Å². The van der Waals surface area contributed by atoms with E-state index in [4.69, 9.17) is 11.6 Å². The van der Waals surface area contributed by atoms with E-state index in [2.05, 4.69) is 21.2 Å². The van der Waals surface area contributed by atoms with Crippen LogP contribution in [-0.2, 0) is 0 Å². The number of amides is 1. The maximum absolute atomic E-state index is 12.3. The van der Waals surface area contributed by atoms with Crippen molar-refractivity contribution in [2.24, 2.45) is 5.92 Å². The zero-order valence-corrected chi connectivity index (χ0v) is 12.7. The summed E-state index contributed by atoms with van der Waals surface area (Å²) in [6.07, 6.45) is 3.30. The van der Waals surface area contributed by atoms with Gasteiger partial charge >= 0.3 is 0 Å². The van der Waals surface area contributed by atoms with Crippen molar-refractivity contribution < 1.29 is 4.79 Å². The number of carbonyl (C=O) groups is 1. The second-order valence-corrected chi connectivity index (χ2v) is 5.96. The number of nitrogens with one attached hydrogen (secondary N) is 1. The summed E-state index contributed by atoms with van der Waals surface area (Å²) < 4.78 is 0.878. The number of benzene rings is 1. The third-order valence-corrected chi connectivity index (χ3v) is 5.06.